The van der Waals surface area contributed by atoms with Crippen molar-refractivity contribution in [1.29, 1.82) is 0 Å². The number of benzene rings is 2. The van der Waals surface area contributed by atoms with Crippen LogP contribution in [0.15, 0.2) is 48.7 Å². The van der Waals surface area contributed by atoms with Crippen LogP contribution in [0.2, 0.25) is 0 Å². The lowest BCUT2D eigenvalue weighted by atomic mass is 10.0. The number of nitrogens with zero attached hydrogens (tertiary/aromatic N) is 8. The Morgan fingerprint density at radius 1 is 0.946 bits per heavy atom. The second-order valence-electron chi connectivity index (χ2n) is 14.9. The van der Waals surface area contributed by atoms with Crippen LogP contribution in [0.1, 0.15) is 57.7 Å². The van der Waals surface area contributed by atoms with Gasteiger partial charge in [-0.15, -0.1) is 0 Å². The van der Waals surface area contributed by atoms with Gasteiger partial charge in [0.1, 0.15) is 11.9 Å². The number of piperidine rings is 2. The highest BCUT2D eigenvalue weighted by molar-refractivity contribution is 6.05. The third-order valence-electron chi connectivity index (χ3n) is 11.4. The summed E-state index contributed by atoms with van der Waals surface area (Å²) in [5.41, 5.74) is 9.72. The maximum Gasteiger partial charge on any atom is 0.320 e. The summed E-state index contributed by atoms with van der Waals surface area (Å²) in [4.78, 5) is 83.4. The van der Waals surface area contributed by atoms with Crippen LogP contribution < -0.4 is 26.2 Å². The van der Waals surface area contributed by atoms with Gasteiger partial charge in [0, 0.05) is 94.9 Å². The first kappa shape index (κ1) is 36.8. The molecule has 2 atom stereocenters. The monoisotopic (exact) mass is 759 g/mol. The second kappa shape index (κ2) is 15.5. The number of amides is 6. The number of imide groups is 1. The second-order valence-corrected chi connectivity index (χ2v) is 14.9. The van der Waals surface area contributed by atoms with E-state index in [9.17, 15) is 24.0 Å². The third kappa shape index (κ3) is 7.41. The Labute approximate surface area is 325 Å². The molecule has 6 amide bonds. The number of primary amides is 1. The molecule has 6 heterocycles. The Hall–Kier alpha value is -6.21. The lowest BCUT2D eigenvalue weighted by molar-refractivity contribution is -0.136. The highest BCUT2D eigenvalue weighted by Gasteiger charge is 2.40. The van der Waals surface area contributed by atoms with Crippen LogP contribution in [0.4, 0.5) is 27.8 Å². The van der Waals surface area contributed by atoms with Crippen molar-refractivity contribution in [2.24, 2.45) is 5.73 Å². The normalized spacial score (nSPS) is 21.6. The van der Waals surface area contributed by atoms with Gasteiger partial charge in [0.05, 0.1) is 18.8 Å². The maximum atomic E-state index is 13.2. The molecule has 3 aromatic rings. The van der Waals surface area contributed by atoms with Gasteiger partial charge in [-0.05, 0) is 61.2 Å². The van der Waals surface area contributed by atoms with Crippen molar-refractivity contribution in [3.63, 3.8) is 0 Å². The quantitative estimate of drug-likeness (QED) is 0.224. The van der Waals surface area contributed by atoms with E-state index in [1.165, 1.54) is 0 Å². The van der Waals surface area contributed by atoms with E-state index in [-0.39, 0.29) is 41.8 Å². The summed E-state index contributed by atoms with van der Waals surface area (Å²) in [7, 11) is 1.83. The van der Waals surface area contributed by atoms with Crippen LogP contribution in [0.3, 0.4) is 0 Å². The fourth-order valence-electron chi connectivity index (χ4n) is 8.23. The third-order valence-corrected chi connectivity index (χ3v) is 11.4. The molecule has 5 aliphatic heterocycles. The van der Waals surface area contributed by atoms with E-state index in [2.05, 4.69) is 42.2 Å². The number of fused-ring (bicyclic) bond motifs is 1. The van der Waals surface area contributed by atoms with Crippen molar-refractivity contribution >= 4 is 52.7 Å². The van der Waals surface area contributed by atoms with Gasteiger partial charge < -0.3 is 35.6 Å². The van der Waals surface area contributed by atoms with Gasteiger partial charge in [0.2, 0.25) is 11.8 Å². The highest BCUT2D eigenvalue weighted by atomic mass is 16.2. The summed E-state index contributed by atoms with van der Waals surface area (Å²) in [6, 6.07) is 12.9. The highest BCUT2D eigenvalue weighted by Crippen LogP contribution is 2.30. The zero-order chi connectivity index (χ0) is 38.9. The number of nitrogens with one attached hydrogen (secondary N) is 2. The van der Waals surface area contributed by atoms with Gasteiger partial charge >= 0.3 is 6.03 Å². The molecule has 1 aromatic heterocycles. The molecule has 4 fully saturated rings. The molecule has 56 heavy (non-hydrogen) atoms. The average Bonchev–Trinajstić information content (AvgIpc) is 3.72. The zero-order valence-corrected chi connectivity index (χ0v) is 31.4. The first-order valence-corrected chi connectivity index (χ1v) is 19.2. The topological polar surface area (TPSA) is 181 Å². The van der Waals surface area contributed by atoms with E-state index in [1.807, 2.05) is 48.3 Å². The molecule has 1 unspecified atom stereocenters. The number of likely N-dealkylation sites (N-methyl/N-ethyl adjacent to an activating group) is 1. The van der Waals surface area contributed by atoms with E-state index in [4.69, 9.17) is 10.7 Å². The molecule has 4 saturated heterocycles. The maximum absolute atomic E-state index is 13.2. The van der Waals surface area contributed by atoms with Gasteiger partial charge in [0.25, 0.3) is 11.8 Å². The average molecular weight is 760 g/mol. The largest absolute Gasteiger partial charge is 0.369 e. The first-order chi connectivity index (χ1) is 27.1. The van der Waals surface area contributed by atoms with Gasteiger partial charge in [-0.3, -0.25) is 29.4 Å². The number of hydrogen-bond donors (Lipinski definition) is 3. The minimum absolute atomic E-state index is 0.0554. The van der Waals surface area contributed by atoms with Gasteiger partial charge in [0.15, 0.2) is 11.5 Å². The summed E-state index contributed by atoms with van der Waals surface area (Å²) in [5.74, 6) is 5.87. The number of anilines is 4. The number of piperazine rings is 1. The van der Waals surface area contributed by atoms with Gasteiger partial charge in [-0.2, -0.15) is 0 Å². The summed E-state index contributed by atoms with van der Waals surface area (Å²) in [6.45, 7) is 7.03. The molecular formula is C40H45N11O5. The summed E-state index contributed by atoms with van der Waals surface area (Å²) in [6.07, 6.45) is 3.96. The molecule has 290 valence electrons. The lowest BCUT2D eigenvalue weighted by Gasteiger charge is -2.37. The molecule has 4 N–H and O–H groups in total. The van der Waals surface area contributed by atoms with Crippen molar-refractivity contribution < 1.29 is 24.0 Å². The predicted octanol–water partition coefficient (Wildman–Crippen LogP) is 1.59. The van der Waals surface area contributed by atoms with Crippen molar-refractivity contribution in [3.8, 4) is 11.8 Å². The predicted molar refractivity (Wildman–Crippen MR) is 208 cm³/mol. The van der Waals surface area contributed by atoms with Crippen molar-refractivity contribution in [2.45, 2.75) is 44.3 Å². The molecule has 16 nitrogen and oxygen atoms in total. The SMILES string of the molecule is CN1CCN([C@H]2CCCN(c3cnc(C(N)=O)c(Nc4ccc(N5CCN(CC#Cc6cccc7c6CN(C6CCC(=O)NC6=O)C7=O)CC5)cc4)n3)C2)C1=O. The Kier molecular flexibility index (Phi) is 10.2. The Morgan fingerprint density at radius 2 is 1.75 bits per heavy atom. The molecule has 5 aliphatic rings. The molecule has 2 aromatic carbocycles. The number of urea groups is 1. The smallest absolute Gasteiger partial charge is 0.320 e. The minimum atomic E-state index is -0.674. The molecule has 0 bridgehead atoms. The van der Waals surface area contributed by atoms with Crippen molar-refractivity contribution in [2.75, 3.05) is 81.1 Å². The lowest BCUT2D eigenvalue weighted by Crippen LogP contribution is -2.52. The number of carbonyl (C=O) groups excluding carboxylic acids is 5. The number of rotatable bonds is 8. The van der Waals surface area contributed by atoms with Crippen LogP contribution in [-0.2, 0) is 16.1 Å². The number of aromatic nitrogens is 2. The fourth-order valence-corrected chi connectivity index (χ4v) is 8.23. The summed E-state index contributed by atoms with van der Waals surface area (Å²) < 4.78 is 0. The van der Waals surface area contributed by atoms with Crippen molar-refractivity contribution in [3.05, 3.63) is 71.0 Å². The minimum Gasteiger partial charge on any atom is -0.369 e. The summed E-state index contributed by atoms with van der Waals surface area (Å²) >= 11 is 0. The summed E-state index contributed by atoms with van der Waals surface area (Å²) in [5, 5.41) is 5.61. The van der Waals surface area contributed by atoms with E-state index in [1.54, 1.807) is 22.1 Å². The molecule has 16 heteroatoms. The first-order valence-electron chi connectivity index (χ1n) is 19.2. The molecule has 0 radical (unpaired) electrons. The molecule has 8 rings (SSSR count). The fraction of sp³-hybridized carbons (Fsp3) is 0.425. The van der Waals surface area contributed by atoms with E-state index >= 15 is 0 Å². The van der Waals surface area contributed by atoms with Crippen LogP contribution in [-0.4, -0.2) is 137 Å². The number of carbonyl (C=O) groups is 5. The van der Waals surface area contributed by atoms with Crippen LogP contribution in [0.5, 0.6) is 0 Å². The van der Waals surface area contributed by atoms with E-state index in [0.717, 1.165) is 74.6 Å². The number of hydrogen-bond acceptors (Lipinski definition) is 11. The molecule has 0 spiro atoms. The van der Waals surface area contributed by atoms with Crippen LogP contribution in [0, 0.1) is 11.8 Å². The Morgan fingerprint density at radius 3 is 2.48 bits per heavy atom. The van der Waals surface area contributed by atoms with E-state index < -0.39 is 17.9 Å². The molecular weight excluding hydrogens is 715 g/mol. The van der Waals surface area contributed by atoms with Crippen LogP contribution in [0.25, 0.3) is 0 Å². The molecule has 0 saturated carbocycles. The van der Waals surface area contributed by atoms with E-state index in [0.29, 0.717) is 44.0 Å². The Bertz CT molecular complexity index is 2120. The Balaban J connectivity index is 0.859. The van der Waals surface area contributed by atoms with Gasteiger partial charge in [-0.25, -0.2) is 14.8 Å². The standard InChI is InChI=1S/C40H45N11O5/c1-46-17-22-50(40(46)56)29-7-4-16-49(24-29)33-23-42-35(36(41)53)37(44-33)43-27-9-11-28(12-10-27)48-20-18-47(19-21-48)15-3-6-26-5-2-8-30-31(26)25-51(39(30)55)32-13-14-34(52)45-38(32)54/h2,5,8-12,23,29,32H,4,7,13-22,24-25H2,1H3,(H2,41,53)(H,43,44)(H,45,52,54)/t29-,32?/m0/s1. The zero-order valence-electron chi connectivity index (χ0n) is 31.4. The van der Waals surface area contributed by atoms with Crippen LogP contribution >= 0.6 is 0 Å². The van der Waals surface area contributed by atoms with Gasteiger partial charge in [-0.1, -0.05) is 17.9 Å². The number of nitrogens with two attached hydrogens (primary N) is 1. The van der Waals surface area contributed by atoms with Crippen molar-refractivity contribution in [1.82, 2.24) is 34.9 Å². The molecule has 0 aliphatic carbocycles.